The number of rotatable bonds is 4. The van der Waals surface area contributed by atoms with E-state index in [1.807, 2.05) is 66.7 Å². The number of carbonyl (C=O) groups is 2. The summed E-state index contributed by atoms with van der Waals surface area (Å²) in [5, 5.41) is 0. The van der Waals surface area contributed by atoms with E-state index in [2.05, 4.69) is 12.1 Å². The zero-order chi connectivity index (χ0) is 22.6. The molecule has 2 amide bonds. The van der Waals surface area contributed by atoms with Crippen molar-refractivity contribution in [3.05, 3.63) is 84.4 Å². The molecule has 0 spiro atoms. The molecule has 0 saturated carbocycles. The fourth-order valence-corrected chi connectivity index (χ4v) is 4.30. The molecule has 33 heavy (non-hydrogen) atoms. The second-order valence-electron chi connectivity index (χ2n) is 8.26. The summed E-state index contributed by atoms with van der Waals surface area (Å²) in [5.41, 5.74) is 3.88. The minimum Gasteiger partial charge on any atom is -0.476 e. The van der Waals surface area contributed by atoms with Crippen molar-refractivity contribution >= 4 is 17.5 Å². The number of ether oxygens (including phenoxy) is 2. The van der Waals surface area contributed by atoms with Gasteiger partial charge in [-0.1, -0.05) is 66.7 Å². The first-order chi connectivity index (χ1) is 16.2. The SMILES string of the molecule is O=C([C@H]1CN(C(=O)Cc2ccc(-c3ccccc3)cc2)c2ccccc2O1)N1CCOCC1. The average Bonchev–Trinajstić information content (AvgIpc) is 2.89. The van der Waals surface area contributed by atoms with E-state index >= 15 is 0 Å². The second kappa shape index (κ2) is 9.46. The maximum absolute atomic E-state index is 13.4. The number of anilines is 1. The molecule has 2 heterocycles. The summed E-state index contributed by atoms with van der Waals surface area (Å²) >= 11 is 0. The summed E-state index contributed by atoms with van der Waals surface area (Å²) in [6, 6.07) is 25.6. The molecular weight excluding hydrogens is 416 g/mol. The third kappa shape index (κ3) is 4.61. The van der Waals surface area contributed by atoms with Gasteiger partial charge >= 0.3 is 0 Å². The predicted octanol–water partition coefficient (Wildman–Crippen LogP) is 3.55. The molecule has 168 valence electrons. The van der Waals surface area contributed by atoms with Crippen LogP contribution in [0.5, 0.6) is 5.75 Å². The molecule has 0 aromatic heterocycles. The van der Waals surface area contributed by atoms with Gasteiger partial charge in [0.1, 0.15) is 5.75 Å². The molecule has 3 aromatic carbocycles. The number of morpholine rings is 1. The quantitative estimate of drug-likeness (QED) is 0.620. The zero-order valence-corrected chi connectivity index (χ0v) is 18.4. The Kier molecular flexibility index (Phi) is 6.09. The van der Waals surface area contributed by atoms with E-state index in [4.69, 9.17) is 9.47 Å². The minimum absolute atomic E-state index is 0.0574. The van der Waals surface area contributed by atoms with Gasteiger partial charge in [0.2, 0.25) is 5.91 Å². The van der Waals surface area contributed by atoms with Crippen LogP contribution in [0.4, 0.5) is 5.69 Å². The van der Waals surface area contributed by atoms with E-state index in [1.54, 1.807) is 9.80 Å². The molecule has 0 bridgehead atoms. The molecule has 5 rings (SSSR count). The van der Waals surface area contributed by atoms with Crippen molar-refractivity contribution in [2.75, 3.05) is 37.7 Å². The standard InChI is InChI=1S/C27H26N2O4/c30-26(18-20-10-12-22(13-11-20)21-6-2-1-3-7-21)29-19-25(27(31)28-14-16-32-17-15-28)33-24-9-5-4-8-23(24)29/h1-13,25H,14-19H2/t25-/m1/s1. The molecule has 0 N–H and O–H groups in total. The van der Waals surface area contributed by atoms with Gasteiger partial charge < -0.3 is 19.3 Å². The van der Waals surface area contributed by atoms with Crippen LogP contribution in [0.15, 0.2) is 78.9 Å². The minimum atomic E-state index is -0.720. The molecule has 0 radical (unpaired) electrons. The van der Waals surface area contributed by atoms with Crippen LogP contribution in [0.2, 0.25) is 0 Å². The molecule has 3 aromatic rings. The van der Waals surface area contributed by atoms with Crippen LogP contribution in [-0.4, -0.2) is 55.7 Å². The molecule has 2 aliphatic rings. The van der Waals surface area contributed by atoms with Crippen molar-refractivity contribution in [1.82, 2.24) is 4.90 Å². The third-order valence-corrected chi connectivity index (χ3v) is 6.09. The largest absolute Gasteiger partial charge is 0.476 e. The van der Waals surface area contributed by atoms with Crippen molar-refractivity contribution in [2.45, 2.75) is 12.5 Å². The number of fused-ring (bicyclic) bond motifs is 1. The number of amides is 2. The van der Waals surface area contributed by atoms with Crippen LogP contribution in [0.1, 0.15) is 5.56 Å². The Balaban J connectivity index is 1.33. The van der Waals surface area contributed by atoms with Gasteiger partial charge in [-0.3, -0.25) is 9.59 Å². The van der Waals surface area contributed by atoms with Crippen molar-refractivity contribution in [3.8, 4) is 16.9 Å². The van der Waals surface area contributed by atoms with Crippen LogP contribution in [0.25, 0.3) is 11.1 Å². The maximum Gasteiger partial charge on any atom is 0.265 e. The molecule has 1 atom stereocenters. The highest BCUT2D eigenvalue weighted by molar-refractivity contribution is 5.98. The number of para-hydroxylation sites is 2. The van der Waals surface area contributed by atoms with Crippen molar-refractivity contribution in [3.63, 3.8) is 0 Å². The molecule has 6 nitrogen and oxygen atoms in total. The normalized spacial score (nSPS) is 17.8. The Bertz CT molecular complexity index is 1120. The van der Waals surface area contributed by atoms with Gasteiger partial charge in [0.25, 0.3) is 5.91 Å². The number of benzene rings is 3. The fraction of sp³-hybridized carbons (Fsp3) is 0.259. The molecular formula is C27H26N2O4. The van der Waals surface area contributed by atoms with Gasteiger partial charge in [0.15, 0.2) is 6.10 Å². The number of hydrogen-bond donors (Lipinski definition) is 0. The predicted molar refractivity (Wildman–Crippen MR) is 126 cm³/mol. The summed E-state index contributed by atoms with van der Waals surface area (Å²) in [6.45, 7) is 2.34. The lowest BCUT2D eigenvalue weighted by molar-refractivity contribution is -0.142. The van der Waals surface area contributed by atoms with Gasteiger partial charge in [0.05, 0.1) is 31.9 Å². The van der Waals surface area contributed by atoms with E-state index in [-0.39, 0.29) is 24.8 Å². The Morgan fingerprint density at radius 3 is 2.24 bits per heavy atom. The topological polar surface area (TPSA) is 59.1 Å². The summed E-state index contributed by atoms with van der Waals surface area (Å²) in [5.74, 6) is 0.402. The molecule has 6 heteroatoms. The third-order valence-electron chi connectivity index (χ3n) is 6.09. The summed E-state index contributed by atoms with van der Waals surface area (Å²) < 4.78 is 11.4. The lowest BCUT2D eigenvalue weighted by Crippen LogP contribution is -2.54. The summed E-state index contributed by atoms with van der Waals surface area (Å²) in [4.78, 5) is 29.9. The highest BCUT2D eigenvalue weighted by atomic mass is 16.5. The first-order valence-electron chi connectivity index (χ1n) is 11.3. The lowest BCUT2D eigenvalue weighted by Gasteiger charge is -2.37. The maximum atomic E-state index is 13.4. The van der Waals surface area contributed by atoms with E-state index in [9.17, 15) is 9.59 Å². The van der Waals surface area contributed by atoms with Crippen LogP contribution < -0.4 is 9.64 Å². The fourth-order valence-electron chi connectivity index (χ4n) is 4.30. The Morgan fingerprint density at radius 1 is 0.818 bits per heavy atom. The Hall–Kier alpha value is -3.64. The van der Waals surface area contributed by atoms with Crippen molar-refractivity contribution < 1.29 is 19.1 Å². The first-order valence-corrected chi connectivity index (χ1v) is 11.3. The van der Waals surface area contributed by atoms with Crippen molar-refractivity contribution in [2.24, 2.45) is 0 Å². The van der Waals surface area contributed by atoms with E-state index in [0.717, 1.165) is 16.7 Å². The van der Waals surface area contributed by atoms with Crippen LogP contribution in [0, 0.1) is 0 Å². The van der Waals surface area contributed by atoms with Gasteiger partial charge in [-0.25, -0.2) is 0 Å². The molecule has 1 saturated heterocycles. The van der Waals surface area contributed by atoms with Gasteiger partial charge in [0, 0.05) is 13.1 Å². The van der Waals surface area contributed by atoms with E-state index < -0.39 is 6.10 Å². The van der Waals surface area contributed by atoms with Crippen LogP contribution in [-0.2, 0) is 20.7 Å². The molecule has 2 aliphatic heterocycles. The highest BCUT2D eigenvalue weighted by Gasteiger charge is 2.36. The number of hydrogen-bond acceptors (Lipinski definition) is 4. The Morgan fingerprint density at radius 2 is 1.48 bits per heavy atom. The molecule has 0 unspecified atom stereocenters. The zero-order valence-electron chi connectivity index (χ0n) is 18.4. The molecule has 0 aliphatic carbocycles. The van der Waals surface area contributed by atoms with Crippen molar-refractivity contribution in [1.29, 1.82) is 0 Å². The smallest absolute Gasteiger partial charge is 0.265 e. The van der Waals surface area contributed by atoms with Crippen LogP contribution in [0.3, 0.4) is 0 Å². The summed E-state index contributed by atoms with van der Waals surface area (Å²) in [6.07, 6.45) is -0.468. The number of carbonyl (C=O) groups excluding carboxylic acids is 2. The van der Waals surface area contributed by atoms with E-state index in [1.165, 1.54) is 0 Å². The number of nitrogens with zero attached hydrogens (tertiary/aromatic N) is 2. The van der Waals surface area contributed by atoms with Gasteiger partial charge in [-0.15, -0.1) is 0 Å². The highest BCUT2D eigenvalue weighted by Crippen LogP contribution is 2.34. The average molecular weight is 443 g/mol. The summed E-state index contributed by atoms with van der Waals surface area (Å²) in [7, 11) is 0. The first kappa shape index (κ1) is 21.2. The Labute approximate surface area is 193 Å². The van der Waals surface area contributed by atoms with Gasteiger partial charge in [-0.2, -0.15) is 0 Å². The monoisotopic (exact) mass is 442 g/mol. The van der Waals surface area contributed by atoms with Crippen LogP contribution >= 0.6 is 0 Å². The second-order valence-corrected chi connectivity index (χ2v) is 8.26. The van der Waals surface area contributed by atoms with Gasteiger partial charge in [-0.05, 0) is 28.8 Å². The van der Waals surface area contributed by atoms with E-state index in [0.29, 0.717) is 37.7 Å². The lowest BCUT2D eigenvalue weighted by atomic mass is 10.0. The molecule has 1 fully saturated rings.